The van der Waals surface area contributed by atoms with E-state index in [0.717, 1.165) is 18.5 Å². The van der Waals surface area contributed by atoms with E-state index in [1.807, 2.05) is 19.2 Å². The van der Waals surface area contributed by atoms with Crippen molar-refractivity contribution in [2.45, 2.75) is 39.3 Å². The number of aliphatic hydroxyl groups is 1. The number of hydrogen-bond donors (Lipinski definition) is 3. The van der Waals surface area contributed by atoms with E-state index in [4.69, 9.17) is 0 Å². The number of hydrogen-bond acceptors (Lipinski definition) is 2. The number of aromatic nitrogens is 1. The summed E-state index contributed by atoms with van der Waals surface area (Å²) in [6, 6.07) is 8.28. The topological polar surface area (TPSA) is 48.0 Å². The Hall–Kier alpha value is -1.32. The van der Waals surface area contributed by atoms with Crippen LogP contribution in [0.5, 0.6) is 0 Å². The highest BCUT2D eigenvalue weighted by molar-refractivity contribution is 5.82. The fraction of sp³-hybridized carbons (Fsp3) is 0.500. The van der Waals surface area contributed by atoms with Crippen molar-refractivity contribution < 1.29 is 5.11 Å². The normalized spacial score (nSPS) is 15.0. The molecule has 104 valence electrons. The van der Waals surface area contributed by atoms with Crippen LogP contribution in [0, 0.1) is 5.92 Å². The van der Waals surface area contributed by atoms with Crippen LogP contribution in [0.1, 0.15) is 32.8 Å². The van der Waals surface area contributed by atoms with Gasteiger partial charge >= 0.3 is 0 Å². The van der Waals surface area contributed by atoms with Crippen molar-refractivity contribution in [3.05, 3.63) is 36.0 Å². The molecule has 0 fully saturated rings. The Morgan fingerprint density at radius 2 is 2.05 bits per heavy atom. The van der Waals surface area contributed by atoms with Crippen LogP contribution < -0.4 is 5.32 Å². The molecular formula is C16H24N2O. The second kappa shape index (κ2) is 5.76. The average Bonchev–Trinajstić information content (AvgIpc) is 2.71. The molecule has 3 heteroatoms. The van der Waals surface area contributed by atoms with E-state index in [0.29, 0.717) is 12.5 Å². The molecule has 1 aromatic carbocycles. The monoisotopic (exact) mass is 260 g/mol. The Kier molecular flexibility index (Phi) is 4.27. The average molecular weight is 260 g/mol. The molecule has 0 aliphatic rings. The summed E-state index contributed by atoms with van der Waals surface area (Å²) in [5.74, 6) is 0.505. The number of rotatable bonds is 6. The Morgan fingerprint density at radius 3 is 2.79 bits per heavy atom. The van der Waals surface area contributed by atoms with E-state index in [1.165, 1.54) is 10.9 Å². The summed E-state index contributed by atoms with van der Waals surface area (Å²) in [5, 5.41) is 14.9. The Labute approximate surface area is 115 Å². The van der Waals surface area contributed by atoms with Crippen molar-refractivity contribution in [3.8, 4) is 0 Å². The van der Waals surface area contributed by atoms with Crippen LogP contribution in [-0.4, -0.2) is 22.2 Å². The van der Waals surface area contributed by atoms with Crippen molar-refractivity contribution >= 4 is 10.9 Å². The Bertz CT molecular complexity index is 528. The van der Waals surface area contributed by atoms with Crippen LogP contribution in [-0.2, 0) is 6.54 Å². The predicted octanol–water partition coefficient (Wildman–Crippen LogP) is 3.05. The van der Waals surface area contributed by atoms with Crippen molar-refractivity contribution in [1.29, 1.82) is 0 Å². The van der Waals surface area contributed by atoms with Gasteiger partial charge in [-0.25, -0.2) is 0 Å². The van der Waals surface area contributed by atoms with Crippen LogP contribution >= 0.6 is 0 Å². The van der Waals surface area contributed by atoms with Gasteiger partial charge in [0.2, 0.25) is 0 Å². The molecule has 0 spiro atoms. The first-order valence-corrected chi connectivity index (χ1v) is 6.96. The van der Waals surface area contributed by atoms with E-state index in [2.05, 4.69) is 42.3 Å². The van der Waals surface area contributed by atoms with Gasteiger partial charge in [0.15, 0.2) is 0 Å². The molecular weight excluding hydrogens is 236 g/mol. The highest BCUT2D eigenvalue weighted by atomic mass is 16.3. The fourth-order valence-corrected chi connectivity index (χ4v) is 2.70. The van der Waals surface area contributed by atoms with Crippen LogP contribution in [0.25, 0.3) is 10.9 Å². The van der Waals surface area contributed by atoms with Crippen molar-refractivity contribution in [2.24, 2.45) is 5.92 Å². The number of H-pyrrole nitrogens is 1. The highest BCUT2D eigenvalue weighted by Crippen LogP contribution is 2.18. The summed E-state index contributed by atoms with van der Waals surface area (Å²) in [6.07, 6.45) is 2.85. The summed E-state index contributed by atoms with van der Waals surface area (Å²) in [6.45, 7) is 7.56. The van der Waals surface area contributed by atoms with Gasteiger partial charge in [0.1, 0.15) is 0 Å². The number of nitrogens with one attached hydrogen (secondary N) is 2. The van der Waals surface area contributed by atoms with Crippen LogP contribution in [0.15, 0.2) is 30.5 Å². The number of benzene rings is 1. The lowest BCUT2D eigenvalue weighted by Crippen LogP contribution is -2.38. The molecule has 3 nitrogen and oxygen atoms in total. The third kappa shape index (κ3) is 3.82. The lowest BCUT2D eigenvalue weighted by Gasteiger charge is -2.25. The zero-order chi connectivity index (χ0) is 13.9. The van der Waals surface area contributed by atoms with Gasteiger partial charge in [0.25, 0.3) is 0 Å². The van der Waals surface area contributed by atoms with Crippen molar-refractivity contribution in [1.82, 2.24) is 10.3 Å². The predicted molar refractivity (Wildman–Crippen MR) is 80.1 cm³/mol. The van der Waals surface area contributed by atoms with Crippen LogP contribution in [0.2, 0.25) is 0 Å². The standard InChI is InChI=1S/C16H24N2O/c1-12(2)8-16(3,19)11-17-9-13-10-18-15-7-5-4-6-14(13)15/h4-7,10,12,17-19H,8-9,11H2,1-3H3. The van der Waals surface area contributed by atoms with Crippen molar-refractivity contribution in [3.63, 3.8) is 0 Å². The first-order valence-electron chi connectivity index (χ1n) is 6.96. The Morgan fingerprint density at radius 1 is 1.32 bits per heavy atom. The van der Waals surface area contributed by atoms with Gasteiger partial charge < -0.3 is 15.4 Å². The quantitative estimate of drug-likeness (QED) is 0.747. The van der Waals surface area contributed by atoms with Gasteiger partial charge in [-0.2, -0.15) is 0 Å². The molecule has 0 amide bonds. The molecule has 2 rings (SSSR count). The van der Waals surface area contributed by atoms with Gasteiger partial charge in [-0.3, -0.25) is 0 Å². The molecule has 3 N–H and O–H groups in total. The zero-order valence-corrected chi connectivity index (χ0v) is 12.0. The van der Waals surface area contributed by atoms with E-state index >= 15 is 0 Å². The number of para-hydroxylation sites is 1. The minimum Gasteiger partial charge on any atom is -0.389 e. The summed E-state index contributed by atoms with van der Waals surface area (Å²) >= 11 is 0. The van der Waals surface area contributed by atoms with Gasteiger partial charge in [0, 0.05) is 30.2 Å². The summed E-state index contributed by atoms with van der Waals surface area (Å²) in [7, 11) is 0. The minimum absolute atomic E-state index is 0.505. The third-order valence-corrected chi connectivity index (χ3v) is 3.34. The van der Waals surface area contributed by atoms with Gasteiger partial charge in [-0.1, -0.05) is 32.0 Å². The van der Waals surface area contributed by atoms with Crippen molar-refractivity contribution in [2.75, 3.05) is 6.54 Å². The van der Waals surface area contributed by atoms with Crippen LogP contribution in [0.3, 0.4) is 0 Å². The molecule has 0 aliphatic heterocycles. The number of fused-ring (bicyclic) bond motifs is 1. The SMILES string of the molecule is CC(C)CC(C)(O)CNCc1c[nH]c2ccccc12. The molecule has 0 saturated heterocycles. The smallest absolute Gasteiger partial charge is 0.0746 e. The molecule has 0 aliphatic carbocycles. The van der Waals surface area contributed by atoms with Gasteiger partial charge in [-0.05, 0) is 30.9 Å². The first-order chi connectivity index (χ1) is 8.98. The summed E-state index contributed by atoms with van der Waals surface area (Å²) < 4.78 is 0. The van der Waals surface area contributed by atoms with E-state index in [9.17, 15) is 5.11 Å². The molecule has 0 bridgehead atoms. The molecule has 1 aromatic heterocycles. The second-order valence-corrected chi connectivity index (χ2v) is 6.06. The summed E-state index contributed by atoms with van der Waals surface area (Å²) in [5.41, 5.74) is 1.77. The molecule has 1 heterocycles. The van der Waals surface area contributed by atoms with Gasteiger partial charge in [-0.15, -0.1) is 0 Å². The van der Waals surface area contributed by atoms with E-state index in [-0.39, 0.29) is 0 Å². The largest absolute Gasteiger partial charge is 0.389 e. The fourth-order valence-electron chi connectivity index (χ4n) is 2.70. The lowest BCUT2D eigenvalue weighted by atomic mass is 9.94. The minimum atomic E-state index is -0.639. The molecule has 19 heavy (non-hydrogen) atoms. The Balaban J connectivity index is 1.92. The first kappa shape index (κ1) is 14.1. The maximum absolute atomic E-state index is 10.3. The van der Waals surface area contributed by atoms with Crippen LogP contribution in [0.4, 0.5) is 0 Å². The lowest BCUT2D eigenvalue weighted by molar-refractivity contribution is 0.0383. The second-order valence-electron chi connectivity index (χ2n) is 6.06. The molecule has 2 aromatic rings. The highest BCUT2D eigenvalue weighted by Gasteiger charge is 2.21. The molecule has 0 saturated carbocycles. The maximum atomic E-state index is 10.3. The number of aromatic amines is 1. The van der Waals surface area contributed by atoms with Gasteiger partial charge in [0.05, 0.1) is 5.60 Å². The zero-order valence-electron chi connectivity index (χ0n) is 12.0. The third-order valence-electron chi connectivity index (χ3n) is 3.34. The molecule has 0 radical (unpaired) electrons. The molecule has 1 atom stereocenters. The van der Waals surface area contributed by atoms with E-state index < -0.39 is 5.60 Å². The maximum Gasteiger partial charge on any atom is 0.0746 e. The van der Waals surface area contributed by atoms with E-state index in [1.54, 1.807) is 0 Å². The summed E-state index contributed by atoms with van der Waals surface area (Å²) in [4.78, 5) is 3.27. The molecule has 1 unspecified atom stereocenters.